The molecule has 0 bridgehead atoms. The van der Waals surface area contributed by atoms with E-state index in [0.717, 1.165) is 23.3 Å². The first-order valence-corrected chi connectivity index (χ1v) is 12.5. The number of hydrogen-bond acceptors (Lipinski definition) is 5. The molecule has 39 heavy (non-hydrogen) atoms. The van der Waals surface area contributed by atoms with E-state index < -0.39 is 60.0 Å². The molecule has 6 nitrogen and oxygen atoms in total. The fourth-order valence-electron chi connectivity index (χ4n) is 4.61. The molecule has 2 aliphatic heterocycles. The Bertz CT molecular complexity index is 1190. The first-order chi connectivity index (χ1) is 18.3. The minimum Gasteiger partial charge on any atom is -0.393 e. The molecule has 3 N–H and O–H groups in total. The fraction of sp³-hybridized carbons (Fsp3) is 0.444. The number of benzene rings is 1. The molecule has 2 heterocycles. The zero-order valence-electron chi connectivity index (χ0n) is 21.6. The third-order valence-electron chi connectivity index (χ3n) is 6.52. The van der Waals surface area contributed by atoms with Gasteiger partial charge in [-0.2, -0.15) is 13.2 Å². The maximum Gasteiger partial charge on any atom is 0.417 e. The van der Waals surface area contributed by atoms with E-state index in [1.807, 2.05) is 0 Å². The first kappa shape index (κ1) is 30.0. The minimum absolute atomic E-state index is 0.0188. The largest absolute Gasteiger partial charge is 0.417 e. The highest BCUT2D eigenvalue weighted by molar-refractivity contribution is 6.54. The Balaban J connectivity index is 1.85. The van der Waals surface area contributed by atoms with Crippen molar-refractivity contribution in [2.45, 2.75) is 50.7 Å². The maximum absolute atomic E-state index is 14.6. The lowest BCUT2D eigenvalue weighted by Gasteiger charge is -2.43. The van der Waals surface area contributed by atoms with Crippen LogP contribution in [-0.4, -0.2) is 61.0 Å². The molecule has 0 aromatic heterocycles. The molecule has 2 aliphatic rings. The van der Waals surface area contributed by atoms with E-state index in [1.54, 1.807) is 13.0 Å². The second-order valence-electron chi connectivity index (χ2n) is 9.59. The molecule has 0 radical (unpaired) electrons. The lowest BCUT2D eigenvalue weighted by molar-refractivity contribution is -0.145. The van der Waals surface area contributed by atoms with Crippen molar-refractivity contribution in [3.8, 4) is 0 Å². The van der Waals surface area contributed by atoms with Gasteiger partial charge in [-0.05, 0) is 49.0 Å². The van der Waals surface area contributed by atoms with Crippen molar-refractivity contribution in [2.75, 3.05) is 20.1 Å². The number of carbonyl (C=O) groups is 1. The van der Waals surface area contributed by atoms with Crippen LogP contribution in [0, 0.1) is 17.1 Å². The summed E-state index contributed by atoms with van der Waals surface area (Å²) in [6.07, 6.45) is 0.781. The van der Waals surface area contributed by atoms with Crippen LogP contribution in [0.4, 0.5) is 26.3 Å². The molecule has 0 saturated carbocycles. The predicted octanol–water partition coefficient (Wildman–Crippen LogP) is 5.45. The Morgan fingerprint density at radius 3 is 2.64 bits per heavy atom. The quantitative estimate of drug-likeness (QED) is 0.309. The summed E-state index contributed by atoms with van der Waals surface area (Å²) in [6, 6.07) is 4.40. The number of nitrogens with one attached hydrogen (secondary N) is 3. The van der Waals surface area contributed by atoms with Crippen molar-refractivity contribution in [3.05, 3.63) is 65.4 Å². The zero-order valence-corrected chi connectivity index (χ0v) is 21.6. The minimum atomic E-state index is -4.56. The molecule has 12 heteroatoms. The monoisotopic (exact) mass is 555 g/mol. The van der Waals surface area contributed by atoms with Gasteiger partial charge >= 0.3 is 6.18 Å². The Morgan fingerprint density at radius 2 is 1.97 bits per heavy atom. The summed E-state index contributed by atoms with van der Waals surface area (Å²) in [4.78, 5) is 18.3. The van der Waals surface area contributed by atoms with Gasteiger partial charge in [-0.15, -0.1) is 0 Å². The van der Waals surface area contributed by atoms with Gasteiger partial charge in [-0.3, -0.25) is 10.2 Å². The van der Waals surface area contributed by atoms with Crippen LogP contribution in [0.3, 0.4) is 0 Å². The molecule has 0 aliphatic carbocycles. The van der Waals surface area contributed by atoms with E-state index >= 15 is 0 Å². The molecule has 3 rings (SSSR count). The maximum atomic E-state index is 14.6. The summed E-state index contributed by atoms with van der Waals surface area (Å²) in [5.74, 6) is -5.36. The van der Waals surface area contributed by atoms with Crippen LogP contribution < -0.4 is 10.6 Å². The number of aliphatic imine (C=N–C) groups is 1. The number of nitrogens with zero attached hydrogens (tertiary/aromatic N) is 2. The van der Waals surface area contributed by atoms with Crippen LogP contribution in [0.25, 0.3) is 5.57 Å². The SMILES string of the molecule is CN/C=C(\C(=N)C(=O)N1CC(F)(F)C[C@@H](C)C1CNC1=C/CCC/C=C(C(F)(F)F)/C=N\1)c1cccc(F)c1. The average Bonchev–Trinajstić information content (AvgIpc) is 2.97. The number of allylic oxidation sites excluding steroid dienone is 3. The Hall–Kier alpha value is -3.57. The van der Waals surface area contributed by atoms with E-state index in [1.165, 1.54) is 31.4 Å². The molecule has 1 fully saturated rings. The average molecular weight is 556 g/mol. The van der Waals surface area contributed by atoms with Crippen LogP contribution in [0.15, 0.2) is 59.0 Å². The third kappa shape index (κ3) is 7.96. The van der Waals surface area contributed by atoms with E-state index in [9.17, 15) is 31.1 Å². The van der Waals surface area contributed by atoms with Gasteiger partial charge in [-0.25, -0.2) is 18.2 Å². The Labute approximate surface area is 223 Å². The first-order valence-electron chi connectivity index (χ1n) is 12.5. The van der Waals surface area contributed by atoms with Crippen LogP contribution in [0.2, 0.25) is 0 Å². The number of likely N-dealkylation sites (tertiary alicyclic amines) is 1. The van der Waals surface area contributed by atoms with Crippen LogP contribution >= 0.6 is 0 Å². The van der Waals surface area contributed by atoms with Crippen LogP contribution in [-0.2, 0) is 4.79 Å². The molecule has 2 atom stereocenters. The standard InChI is InChI=1S/C27H31F6N5O/c1-17-12-26(29,30)16-38(25(39)24(34)21(14-35-2)18-7-6-9-20(28)11-18)22(17)15-37-23-10-5-3-4-8-19(13-36-23)27(31,32)33/h6-11,13-14,17,22,34-35,37H,3-5,12,15-16H2,1-2H3/b19-8-,21-14-,23-10+,34-24?,36-13-/t17-,22?/m1/s1. The zero-order chi connectivity index (χ0) is 28.8. The van der Waals surface area contributed by atoms with E-state index in [4.69, 9.17) is 5.41 Å². The molecule has 1 amide bonds. The van der Waals surface area contributed by atoms with Gasteiger partial charge in [0.1, 0.15) is 17.3 Å². The molecule has 0 spiro atoms. The number of amides is 1. The summed E-state index contributed by atoms with van der Waals surface area (Å²) in [6.45, 7) is 0.533. The van der Waals surface area contributed by atoms with E-state index in [-0.39, 0.29) is 29.9 Å². The summed E-state index contributed by atoms with van der Waals surface area (Å²) in [5, 5.41) is 14.1. The van der Waals surface area contributed by atoms with Crippen molar-refractivity contribution in [3.63, 3.8) is 0 Å². The second kappa shape index (κ2) is 12.5. The van der Waals surface area contributed by atoms with Gasteiger partial charge in [-0.1, -0.05) is 25.1 Å². The third-order valence-corrected chi connectivity index (χ3v) is 6.52. The fourth-order valence-corrected chi connectivity index (χ4v) is 4.61. The van der Waals surface area contributed by atoms with Gasteiger partial charge in [0.05, 0.1) is 18.2 Å². The highest BCUT2D eigenvalue weighted by Gasteiger charge is 2.46. The summed E-state index contributed by atoms with van der Waals surface area (Å²) in [7, 11) is 1.52. The number of carbonyl (C=O) groups excluding carboxylic acids is 1. The molecule has 1 unspecified atom stereocenters. The van der Waals surface area contributed by atoms with Crippen LogP contribution in [0.1, 0.15) is 38.2 Å². The Kier molecular flexibility index (Phi) is 9.63. The van der Waals surface area contributed by atoms with Crippen LogP contribution in [0.5, 0.6) is 0 Å². The number of alkyl halides is 5. The highest BCUT2D eigenvalue weighted by Crippen LogP contribution is 2.35. The number of hydrogen-bond donors (Lipinski definition) is 3. The normalized spacial score (nSPS) is 25.6. The van der Waals surface area contributed by atoms with E-state index in [0.29, 0.717) is 12.8 Å². The van der Waals surface area contributed by atoms with Crippen molar-refractivity contribution in [1.29, 1.82) is 5.41 Å². The Morgan fingerprint density at radius 1 is 1.26 bits per heavy atom. The molecule has 212 valence electrons. The second-order valence-corrected chi connectivity index (χ2v) is 9.59. The summed E-state index contributed by atoms with van der Waals surface area (Å²) < 4.78 is 82.8. The highest BCUT2D eigenvalue weighted by atomic mass is 19.4. The predicted molar refractivity (Wildman–Crippen MR) is 138 cm³/mol. The van der Waals surface area contributed by atoms with Crippen molar-refractivity contribution in [1.82, 2.24) is 15.5 Å². The summed E-state index contributed by atoms with van der Waals surface area (Å²) in [5.41, 5.74) is -1.25. The van der Waals surface area contributed by atoms with Crippen molar-refractivity contribution < 1.29 is 31.1 Å². The van der Waals surface area contributed by atoms with Gasteiger partial charge in [0.25, 0.3) is 11.8 Å². The molecule has 1 saturated heterocycles. The number of piperidine rings is 1. The van der Waals surface area contributed by atoms with Gasteiger partial charge in [0.15, 0.2) is 0 Å². The van der Waals surface area contributed by atoms with Crippen molar-refractivity contribution >= 4 is 23.4 Å². The van der Waals surface area contributed by atoms with Crippen molar-refractivity contribution in [2.24, 2.45) is 10.9 Å². The molecule has 1 aromatic rings. The lowest BCUT2D eigenvalue weighted by atomic mass is 9.87. The number of halogens is 6. The topological polar surface area (TPSA) is 80.6 Å². The van der Waals surface area contributed by atoms with Gasteiger partial charge in [0.2, 0.25) is 0 Å². The smallest absolute Gasteiger partial charge is 0.393 e. The molecular formula is C27H31F6N5O. The van der Waals surface area contributed by atoms with E-state index in [2.05, 4.69) is 15.6 Å². The molecule has 1 aromatic carbocycles. The summed E-state index contributed by atoms with van der Waals surface area (Å²) >= 11 is 0. The molecular weight excluding hydrogens is 524 g/mol. The number of rotatable bonds is 7. The lowest BCUT2D eigenvalue weighted by Crippen LogP contribution is -2.59. The van der Waals surface area contributed by atoms with Gasteiger partial charge in [0, 0.05) is 38.0 Å². The van der Waals surface area contributed by atoms with Gasteiger partial charge < -0.3 is 15.5 Å².